The number of fused-ring (bicyclic) bond motifs is 1. The number of aliphatic hydroxyl groups excluding tert-OH is 1. The Kier molecular flexibility index (Phi) is 7.36. The second-order valence-corrected chi connectivity index (χ2v) is 7.63. The van der Waals surface area contributed by atoms with Gasteiger partial charge in [0.1, 0.15) is 23.6 Å². The number of anilines is 1. The lowest BCUT2D eigenvalue weighted by atomic mass is 10.1. The number of nitrogens with zero attached hydrogens (tertiary/aromatic N) is 4. The number of para-hydroxylation sites is 1. The average Bonchev–Trinajstić information content (AvgIpc) is 3.25. The molecule has 0 unspecified atom stereocenters. The van der Waals surface area contributed by atoms with Gasteiger partial charge in [-0.2, -0.15) is 0 Å². The van der Waals surface area contributed by atoms with Crippen molar-refractivity contribution in [1.82, 2.24) is 20.0 Å². The van der Waals surface area contributed by atoms with Gasteiger partial charge in [0.2, 0.25) is 5.91 Å². The molecule has 4 N–H and O–H groups in total. The maximum atomic E-state index is 12.8. The predicted molar refractivity (Wildman–Crippen MR) is 132 cm³/mol. The summed E-state index contributed by atoms with van der Waals surface area (Å²) >= 11 is 0. The molecule has 0 bridgehead atoms. The zero-order valence-electron chi connectivity index (χ0n) is 19.0. The van der Waals surface area contributed by atoms with Crippen molar-refractivity contribution in [3.8, 4) is 22.6 Å². The number of hydrogen-bond donors (Lipinski definition) is 3. The maximum Gasteiger partial charge on any atom is 0.241 e. The molecule has 0 radical (unpaired) electrons. The normalized spacial score (nSPS) is 11.0. The molecular weight excluding hydrogens is 432 g/mol. The quantitative estimate of drug-likeness (QED) is 0.311. The highest BCUT2D eigenvalue weighted by atomic mass is 16.5. The van der Waals surface area contributed by atoms with E-state index in [0.717, 1.165) is 16.9 Å². The minimum absolute atomic E-state index is 0.0338. The van der Waals surface area contributed by atoms with Crippen LogP contribution in [0.5, 0.6) is 11.5 Å². The largest absolute Gasteiger partial charge is 0.457 e. The maximum absolute atomic E-state index is 12.8. The van der Waals surface area contributed by atoms with E-state index in [4.69, 9.17) is 15.6 Å². The molecular formula is C25H28N6O3. The number of aromatic nitrogens is 3. The van der Waals surface area contributed by atoms with Crippen LogP contribution in [-0.2, 0) is 4.79 Å². The van der Waals surface area contributed by atoms with E-state index in [1.807, 2.05) is 67.7 Å². The van der Waals surface area contributed by atoms with E-state index in [9.17, 15) is 4.79 Å². The van der Waals surface area contributed by atoms with Gasteiger partial charge in [-0.3, -0.25) is 4.79 Å². The zero-order valence-corrected chi connectivity index (χ0v) is 19.0. The molecule has 0 aliphatic heterocycles. The highest BCUT2D eigenvalue weighted by Gasteiger charge is 2.21. The van der Waals surface area contributed by atoms with Gasteiger partial charge in [0, 0.05) is 31.3 Å². The summed E-state index contributed by atoms with van der Waals surface area (Å²) in [5.41, 5.74) is 8.52. The summed E-state index contributed by atoms with van der Waals surface area (Å²) < 4.78 is 7.64. The molecule has 2 aromatic carbocycles. The summed E-state index contributed by atoms with van der Waals surface area (Å²) in [5, 5.41) is 14.4. The van der Waals surface area contributed by atoms with E-state index in [-0.39, 0.29) is 12.5 Å². The van der Waals surface area contributed by atoms with Crippen molar-refractivity contribution in [2.45, 2.75) is 13.3 Å². The first-order valence-electron chi connectivity index (χ1n) is 11.2. The van der Waals surface area contributed by atoms with Gasteiger partial charge in [0.15, 0.2) is 5.65 Å². The van der Waals surface area contributed by atoms with Crippen LogP contribution in [0.15, 0.2) is 67.1 Å². The minimum Gasteiger partial charge on any atom is -0.457 e. The number of benzene rings is 2. The lowest BCUT2D eigenvalue weighted by Gasteiger charge is -2.24. The molecule has 9 heteroatoms. The molecule has 34 heavy (non-hydrogen) atoms. The standard InChI is InChI=1S/C25H28N6O3/c1-2-22(33)30(14-12-27-13-15-32)31-16-21(23-24(26)28-17-29-25(23)31)18-8-10-20(11-9-18)34-19-6-4-3-5-7-19/h3-11,16-17,27,32H,2,12-15H2,1H3,(H2,26,28,29). The van der Waals surface area contributed by atoms with E-state index >= 15 is 0 Å². The van der Waals surface area contributed by atoms with Crippen molar-refractivity contribution >= 4 is 22.8 Å². The Morgan fingerprint density at radius 2 is 1.82 bits per heavy atom. The number of carbonyl (C=O) groups excluding carboxylic acids is 1. The van der Waals surface area contributed by atoms with Gasteiger partial charge >= 0.3 is 0 Å². The Labute approximate surface area is 197 Å². The fourth-order valence-electron chi connectivity index (χ4n) is 3.72. The first kappa shape index (κ1) is 23.2. The van der Waals surface area contributed by atoms with Crippen LogP contribution in [0.1, 0.15) is 13.3 Å². The SMILES string of the molecule is CCC(=O)N(CCNCCO)n1cc(-c2ccc(Oc3ccccc3)cc2)c2c(N)ncnc21. The van der Waals surface area contributed by atoms with E-state index in [0.29, 0.717) is 48.7 Å². The highest BCUT2D eigenvalue weighted by molar-refractivity contribution is 6.02. The lowest BCUT2D eigenvalue weighted by molar-refractivity contribution is -0.119. The number of ether oxygens (including phenoxy) is 1. The van der Waals surface area contributed by atoms with Crippen LogP contribution in [0, 0.1) is 0 Å². The Balaban J connectivity index is 1.70. The number of amides is 1. The molecule has 0 fully saturated rings. The first-order valence-corrected chi connectivity index (χ1v) is 11.2. The molecule has 4 aromatic rings. The molecule has 0 atom stereocenters. The Bertz CT molecular complexity index is 1240. The van der Waals surface area contributed by atoms with Gasteiger partial charge in [-0.05, 0) is 29.8 Å². The summed E-state index contributed by atoms with van der Waals surface area (Å²) in [6, 6.07) is 17.2. The molecule has 2 heterocycles. The monoisotopic (exact) mass is 460 g/mol. The van der Waals surface area contributed by atoms with Crippen LogP contribution in [0.4, 0.5) is 5.82 Å². The summed E-state index contributed by atoms with van der Waals surface area (Å²) in [6.07, 6.45) is 3.59. The van der Waals surface area contributed by atoms with Gasteiger partial charge in [0.05, 0.1) is 18.5 Å². The van der Waals surface area contributed by atoms with Crippen molar-refractivity contribution in [2.75, 3.05) is 37.0 Å². The molecule has 0 aliphatic rings. The summed E-state index contributed by atoms with van der Waals surface area (Å²) in [6.45, 7) is 3.24. The van der Waals surface area contributed by atoms with Gasteiger partial charge < -0.3 is 20.9 Å². The molecule has 0 spiro atoms. The van der Waals surface area contributed by atoms with Crippen LogP contribution in [0.3, 0.4) is 0 Å². The van der Waals surface area contributed by atoms with Crippen molar-refractivity contribution in [3.63, 3.8) is 0 Å². The Hall–Kier alpha value is -3.95. The smallest absolute Gasteiger partial charge is 0.241 e. The molecule has 2 aromatic heterocycles. The number of hydrogen-bond acceptors (Lipinski definition) is 7. The Morgan fingerprint density at radius 1 is 1.09 bits per heavy atom. The van der Waals surface area contributed by atoms with Crippen molar-refractivity contribution in [3.05, 3.63) is 67.1 Å². The minimum atomic E-state index is -0.0574. The fourth-order valence-corrected chi connectivity index (χ4v) is 3.72. The summed E-state index contributed by atoms with van der Waals surface area (Å²) in [5.74, 6) is 1.75. The van der Waals surface area contributed by atoms with E-state index in [1.165, 1.54) is 6.33 Å². The third-order valence-corrected chi connectivity index (χ3v) is 5.38. The van der Waals surface area contributed by atoms with Crippen LogP contribution in [0.2, 0.25) is 0 Å². The molecule has 0 saturated carbocycles. The molecule has 9 nitrogen and oxygen atoms in total. The molecule has 4 rings (SSSR count). The number of aliphatic hydroxyl groups is 1. The number of nitrogen functional groups attached to an aromatic ring is 1. The van der Waals surface area contributed by atoms with Crippen molar-refractivity contribution < 1.29 is 14.6 Å². The number of carbonyl (C=O) groups is 1. The molecule has 176 valence electrons. The van der Waals surface area contributed by atoms with Gasteiger partial charge in [-0.15, -0.1) is 0 Å². The third kappa shape index (κ3) is 5.00. The Morgan fingerprint density at radius 3 is 2.53 bits per heavy atom. The summed E-state index contributed by atoms with van der Waals surface area (Å²) in [7, 11) is 0. The number of nitrogens with two attached hydrogens (primary N) is 1. The topological polar surface area (TPSA) is 119 Å². The average molecular weight is 461 g/mol. The fraction of sp³-hybridized carbons (Fsp3) is 0.240. The number of rotatable bonds is 10. The predicted octanol–water partition coefficient (Wildman–Crippen LogP) is 2.93. The second kappa shape index (κ2) is 10.8. The van der Waals surface area contributed by atoms with Crippen LogP contribution in [-0.4, -0.2) is 51.9 Å². The van der Waals surface area contributed by atoms with Crippen LogP contribution >= 0.6 is 0 Å². The lowest BCUT2D eigenvalue weighted by Crippen LogP contribution is -2.44. The van der Waals surface area contributed by atoms with Gasteiger partial charge in [0.25, 0.3) is 0 Å². The summed E-state index contributed by atoms with van der Waals surface area (Å²) in [4.78, 5) is 21.4. The van der Waals surface area contributed by atoms with Crippen molar-refractivity contribution in [2.24, 2.45) is 0 Å². The second-order valence-electron chi connectivity index (χ2n) is 7.63. The first-order chi connectivity index (χ1) is 16.6. The molecule has 0 aliphatic carbocycles. The number of nitrogens with one attached hydrogen (secondary N) is 1. The third-order valence-electron chi connectivity index (χ3n) is 5.38. The molecule has 0 saturated heterocycles. The van der Waals surface area contributed by atoms with E-state index < -0.39 is 0 Å². The highest BCUT2D eigenvalue weighted by Crippen LogP contribution is 2.34. The van der Waals surface area contributed by atoms with Crippen LogP contribution in [0.25, 0.3) is 22.2 Å². The van der Waals surface area contributed by atoms with Gasteiger partial charge in [-0.25, -0.2) is 19.7 Å². The van der Waals surface area contributed by atoms with Crippen molar-refractivity contribution in [1.29, 1.82) is 0 Å². The van der Waals surface area contributed by atoms with E-state index in [2.05, 4.69) is 15.3 Å². The van der Waals surface area contributed by atoms with Crippen LogP contribution < -0.4 is 20.8 Å². The zero-order chi connectivity index (χ0) is 23.9. The van der Waals surface area contributed by atoms with E-state index in [1.54, 1.807) is 9.69 Å². The molecule has 1 amide bonds. The van der Waals surface area contributed by atoms with Gasteiger partial charge in [-0.1, -0.05) is 37.3 Å².